The molecule has 280 valence electrons. The maximum Gasteiger partial charge on any atom is 0.136 e. The Morgan fingerprint density at radius 3 is 1.65 bits per heavy atom. The molecule has 60 heavy (non-hydrogen) atoms. The second-order valence-corrected chi connectivity index (χ2v) is 17.2. The Balaban J connectivity index is 0.928. The summed E-state index contributed by atoms with van der Waals surface area (Å²) in [7, 11) is 0. The van der Waals surface area contributed by atoms with Gasteiger partial charge in [-0.2, -0.15) is 0 Å². The molecule has 0 saturated carbocycles. The van der Waals surface area contributed by atoms with Gasteiger partial charge in [-0.1, -0.05) is 172 Å². The van der Waals surface area contributed by atoms with Crippen molar-refractivity contribution in [3.05, 3.63) is 205 Å². The molecule has 0 unspecified atom stereocenters. The molecule has 0 bridgehead atoms. The minimum atomic E-state index is -0.136. The molecule has 0 saturated heterocycles. The Morgan fingerprint density at radius 1 is 0.317 bits per heavy atom. The van der Waals surface area contributed by atoms with E-state index in [-0.39, 0.29) is 5.41 Å². The van der Waals surface area contributed by atoms with E-state index in [0.29, 0.717) is 0 Å². The van der Waals surface area contributed by atoms with Gasteiger partial charge >= 0.3 is 0 Å². The third kappa shape index (κ3) is 4.63. The Labute approximate surface area is 347 Å². The Kier molecular flexibility index (Phi) is 6.85. The highest BCUT2D eigenvalue weighted by atomic mass is 16.3. The largest absolute Gasteiger partial charge is 0.456 e. The van der Waals surface area contributed by atoms with Crippen molar-refractivity contribution >= 4 is 75.8 Å². The summed E-state index contributed by atoms with van der Waals surface area (Å²) in [5.74, 6) is 0. The van der Waals surface area contributed by atoms with Crippen LogP contribution in [0.5, 0.6) is 0 Å². The van der Waals surface area contributed by atoms with Gasteiger partial charge in [0.15, 0.2) is 0 Å². The van der Waals surface area contributed by atoms with Gasteiger partial charge in [0.1, 0.15) is 11.2 Å². The van der Waals surface area contributed by atoms with E-state index in [0.717, 1.165) is 11.2 Å². The van der Waals surface area contributed by atoms with Crippen LogP contribution in [0.25, 0.3) is 120 Å². The smallest absolute Gasteiger partial charge is 0.136 e. The Bertz CT molecular complexity index is 3740. The van der Waals surface area contributed by atoms with Crippen LogP contribution in [0.1, 0.15) is 25.0 Å². The lowest BCUT2D eigenvalue weighted by Gasteiger charge is -2.22. The molecule has 12 aromatic rings. The summed E-state index contributed by atoms with van der Waals surface area (Å²) >= 11 is 0. The molecule has 0 radical (unpaired) electrons. The van der Waals surface area contributed by atoms with Gasteiger partial charge in [-0.15, -0.1) is 0 Å². The first-order valence-electron chi connectivity index (χ1n) is 21.0. The van der Waals surface area contributed by atoms with Gasteiger partial charge in [0.25, 0.3) is 0 Å². The van der Waals surface area contributed by atoms with E-state index in [9.17, 15) is 0 Å². The lowest BCUT2D eigenvalue weighted by atomic mass is 9.81. The van der Waals surface area contributed by atoms with Crippen LogP contribution < -0.4 is 0 Å². The number of hydrogen-bond acceptors (Lipinski definition) is 1. The second-order valence-electron chi connectivity index (χ2n) is 17.2. The second kappa shape index (κ2) is 12.3. The van der Waals surface area contributed by atoms with Gasteiger partial charge in [-0.3, -0.25) is 0 Å². The van der Waals surface area contributed by atoms with Gasteiger partial charge in [-0.05, 0) is 146 Å². The van der Waals surface area contributed by atoms with E-state index < -0.39 is 0 Å². The van der Waals surface area contributed by atoms with Crippen molar-refractivity contribution in [3.8, 4) is 44.5 Å². The van der Waals surface area contributed by atoms with Crippen LogP contribution >= 0.6 is 0 Å². The third-order valence-corrected chi connectivity index (χ3v) is 13.6. The van der Waals surface area contributed by atoms with Crippen LogP contribution in [0.2, 0.25) is 0 Å². The van der Waals surface area contributed by atoms with Gasteiger partial charge in [0, 0.05) is 16.2 Å². The molecule has 13 rings (SSSR count). The molecule has 0 fully saturated rings. The van der Waals surface area contributed by atoms with E-state index >= 15 is 0 Å². The van der Waals surface area contributed by atoms with Crippen LogP contribution in [-0.4, -0.2) is 0 Å². The lowest BCUT2D eigenvalue weighted by Crippen LogP contribution is -2.15. The summed E-state index contributed by atoms with van der Waals surface area (Å²) in [6.07, 6.45) is 0. The molecule has 1 heterocycles. The molecule has 1 aromatic heterocycles. The van der Waals surface area contributed by atoms with Gasteiger partial charge < -0.3 is 4.42 Å². The molecule has 0 atom stereocenters. The lowest BCUT2D eigenvalue weighted by molar-refractivity contribution is 0.661. The summed E-state index contributed by atoms with van der Waals surface area (Å²) in [5.41, 5.74) is 14.7. The third-order valence-electron chi connectivity index (χ3n) is 13.6. The van der Waals surface area contributed by atoms with Crippen LogP contribution in [0.15, 0.2) is 199 Å². The number of hydrogen-bond donors (Lipinski definition) is 0. The van der Waals surface area contributed by atoms with Gasteiger partial charge in [0.05, 0.1) is 0 Å². The van der Waals surface area contributed by atoms with Crippen molar-refractivity contribution in [2.24, 2.45) is 0 Å². The predicted octanol–water partition coefficient (Wildman–Crippen LogP) is 16.7. The van der Waals surface area contributed by atoms with Crippen molar-refractivity contribution in [2.45, 2.75) is 19.3 Å². The van der Waals surface area contributed by atoms with E-state index in [4.69, 9.17) is 4.42 Å². The molecular formula is C59H38O. The molecule has 0 spiro atoms. The maximum atomic E-state index is 6.28. The fraction of sp³-hybridized carbons (Fsp3) is 0.0508. The van der Waals surface area contributed by atoms with Gasteiger partial charge in [0.2, 0.25) is 0 Å². The Hall–Kier alpha value is -7.48. The SMILES string of the molecule is CC1(C)c2cc(-c3ccc4cc(-c5c6ccccc6c(-c6cccc7ccccc67)c6ccccc56)ccc4c3)ccc2-c2c1ccc1c2ccc2oc3ccccc3c21. The molecule has 0 N–H and O–H groups in total. The molecule has 0 amide bonds. The first-order valence-corrected chi connectivity index (χ1v) is 21.0. The fourth-order valence-corrected chi connectivity index (χ4v) is 10.8. The van der Waals surface area contributed by atoms with E-state index in [2.05, 4.69) is 202 Å². The average molecular weight is 763 g/mol. The average Bonchev–Trinajstić information content (AvgIpc) is 3.79. The maximum absolute atomic E-state index is 6.28. The van der Waals surface area contributed by atoms with Crippen LogP contribution in [0, 0.1) is 0 Å². The minimum Gasteiger partial charge on any atom is -0.456 e. The number of para-hydroxylation sites is 1. The van der Waals surface area contributed by atoms with Crippen molar-refractivity contribution in [2.75, 3.05) is 0 Å². The predicted molar refractivity (Wildman–Crippen MR) is 255 cm³/mol. The molecule has 1 heteroatoms. The summed E-state index contributed by atoms with van der Waals surface area (Å²) in [6.45, 7) is 4.76. The topological polar surface area (TPSA) is 13.1 Å². The van der Waals surface area contributed by atoms with Crippen molar-refractivity contribution in [1.29, 1.82) is 0 Å². The zero-order valence-corrected chi connectivity index (χ0v) is 33.4. The highest BCUT2D eigenvalue weighted by molar-refractivity contribution is 6.24. The number of furan rings is 1. The van der Waals surface area contributed by atoms with Crippen LogP contribution in [0.3, 0.4) is 0 Å². The first kappa shape index (κ1) is 33.5. The molecule has 1 nitrogen and oxygen atoms in total. The monoisotopic (exact) mass is 762 g/mol. The minimum absolute atomic E-state index is 0.136. The van der Waals surface area contributed by atoms with Gasteiger partial charge in [-0.25, -0.2) is 0 Å². The van der Waals surface area contributed by atoms with E-state index in [1.54, 1.807) is 0 Å². The van der Waals surface area contributed by atoms with Crippen LogP contribution in [0.4, 0.5) is 0 Å². The molecule has 11 aromatic carbocycles. The van der Waals surface area contributed by atoms with E-state index in [1.807, 2.05) is 6.07 Å². The van der Waals surface area contributed by atoms with Crippen molar-refractivity contribution < 1.29 is 4.42 Å². The number of fused-ring (bicyclic) bond motifs is 13. The summed E-state index contributed by atoms with van der Waals surface area (Å²) in [6, 6.07) is 72.0. The van der Waals surface area contributed by atoms with Crippen LogP contribution in [-0.2, 0) is 5.41 Å². The zero-order valence-electron chi connectivity index (χ0n) is 33.4. The molecular weight excluding hydrogens is 725 g/mol. The highest BCUT2D eigenvalue weighted by Crippen LogP contribution is 2.53. The first-order chi connectivity index (χ1) is 29.5. The zero-order chi connectivity index (χ0) is 39.7. The standard InChI is InChI=1S/C59H38O/c1-59(2)51-30-28-48-47(29-31-54-58(48)50-19-9-10-21-53(50)60-54)57(51)49-27-26-39(34-52(49)59)37-22-23-38-33-40(25-24-36(38)32-37)55-43-15-5-7-17-45(43)56(46-18-8-6-16-44(46)55)42-20-11-13-35-12-3-4-14-41(35)42/h3-34H,1-2H3. The van der Waals surface area contributed by atoms with Crippen molar-refractivity contribution in [3.63, 3.8) is 0 Å². The molecule has 0 aliphatic heterocycles. The fourth-order valence-electron chi connectivity index (χ4n) is 10.8. The summed E-state index contributed by atoms with van der Waals surface area (Å²) < 4.78 is 6.28. The number of rotatable bonds is 3. The number of benzene rings is 11. The summed E-state index contributed by atoms with van der Waals surface area (Å²) in [4.78, 5) is 0. The van der Waals surface area contributed by atoms with E-state index in [1.165, 1.54) is 120 Å². The highest BCUT2D eigenvalue weighted by Gasteiger charge is 2.37. The quantitative estimate of drug-likeness (QED) is 0.163. The summed E-state index contributed by atoms with van der Waals surface area (Å²) in [5, 5.41) is 15.0. The molecule has 1 aliphatic carbocycles. The van der Waals surface area contributed by atoms with Crippen molar-refractivity contribution in [1.82, 2.24) is 0 Å². The Morgan fingerprint density at radius 2 is 0.883 bits per heavy atom. The normalized spacial score (nSPS) is 13.3. The molecule has 1 aliphatic rings.